The van der Waals surface area contributed by atoms with Crippen LogP contribution in [0.3, 0.4) is 0 Å². The van der Waals surface area contributed by atoms with Gasteiger partial charge in [0.2, 0.25) is 5.91 Å². The van der Waals surface area contributed by atoms with E-state index >= 15 is 0 Å². The fourth-order valence-corrected chi connectivity index (χ4v) is 2.65. The van der Waals surface area contributed by atoms with Crippen LogP contribution in [0.4, 0.5) is 0 Å². The zero-order valence-corrected chi connectivity index (χ0v) is 11.8. The summed E-state index contributed by atoms with van der Waals surface area (Å²) in [6, 6.07) is 0.479. The van der Waals surface area contributed by atoms with Gasteiger partial charge in [-0.2, -0.15) is 0 Å². The monoisotopic (exact) mass is 257 g/mol. The molecule has 1 aliphatic rings. The highest BCUT2D eigenvalue weighted by Crippen LogP contribution is 2.16. The van der Waals surface area contributed by atoms with Gasteiger partial charge in [0.25, 0.3) is 0 Å². The fourth-order valence-electron chi connectivity index (χ4n) is 2.38. The van der Waals surface area contributed by atoms with E-state index in [1.165, 1.54) is 6.42 Å². The molecule has 0 aromatic rings. The first-order valence-corrected chi connectivity index (χ1v) is 6.62. The minimum atomic E-state index is -0.304. The maximum atomic E-state index is 12.2. The van der Waals surface area contributed by atoms with Gasteiger partial charge < -0.3 is 15.5 Å². The smallest absolute Gasteiger partial charge is 0.232 e. The molecule has 0 saturated carbocycles. The van der Waals surface area contributed by atoms with Crippen molar-refractivity contribution >= 4 is 23.1 Å². The predicted molar refractivity (Wildman–Crippen MR) is 73.9 cm³/mol. The maximum absolute atomic E-state index is 12.2. The molecule has 17 heavy (non-hydrogen) atoms. The molecule has 0 spiro atoms. The van der Waals surface area contributed by atoms with Crippen LogP contribution < -0.4 is 5.73 Å². The molecule has 0 bridgehead atoms. The lowest BCUT2D eigenvalue weighted by Gasteiger charge is -2.28. The Bertz CT molecular complexity index is 295. The summed E-state index contributed by atoms with van der Waals surface area (Å²) in [5.41, 5.74) is 5.59. The molecule has 2 unspecified atom stereocenters. The van der Waals surface area contributed by atoms with Gasteiger partial charge in [-0.3, -0.25) is 4.79 Å². The predicted octanol–water partition coefficient (Wildman–Crippen LogP) is 0.851. The van der Waals surface area contributed by atoms with Crippen LogP contribution in [-0.4, -0.2) is 53.9 Å². The molecular weight excluding hydrogens is 234 g/mol. The SMILES string of the molecule is CCC(C(=O)N(C)CC1CCCN1C)C(N)=S. The van der Waals surface area contributed by atoms with Gasteiger partial charge in [-0.25, -0.2) is 0 Å². The van der Waals surface area contributed by atoms with E-state index in [0.717, 1.165) is 19.5 Å². The summed E-state index contributed by atoms with van der Waals surface area (Å²) in [5, 5.41) is 0. The second-order valence-electron chi connectivity index (χ2n) is 4.86. The summed E-state index contributed by atoms with van der Waals surface area (Å²) >= 11 is 4.94. The van der Waals surface area contributed by atoms with E-state index < -0.39 is 0 Å². The molecule has 1 heterocycles. The number of thiocarbonyl (C=S) groups is 1. The zero-order valence-electron chi connectivity index (χ0n) is 11.0. The lowest BCUT2D eigenvalue weighted by molar-refractivity contribution is -0.132. The number of carbonyl (C=O) groups excluding carboxylic acids is 1. The number of hydrogen-bond acceptors (Lipinski definition) is 3. The normalized spacial score (nSPS) is 22.4. The number of nitrogens with zero attached hydrogens (tertiary/aromatic N) is 2. The van der Waals surface area contributed by atoms with Crippen molar-refractivity contribution in [2.45, 2.75) is 32.2 Å². The molecule has 0 radical (unpaired) electrons. The van der Waals surface area contributed by atoms with Gasteiger partial charge in [-0.1, -0.05) is 19.1 Å². The van der Waals surface area contributed by atoms with E-state index in [1.54, 1.807) is 4.90 Å². The third-order valence-electron chi connectivity index (χ3n) is 3.58. The molecule has 0 aliphatic carbocycles. The quantitative estimate of drug-likeness (QED) is 0.742. The van der Waals surface area contributed by atoms with Gasteiger partial charge in [0, 0.05) is 19.6 Å². The number of likely N-dealkylation sites (N-methyl/N-ethyl adjacent to an activating group) is 2. The average Bonchev–Trinajstić information content (AvgIpc) is 2.64. The summed E-state index contributed by atoms with van der Waals surface area (Å²) in [6.45, 7) is 3.84. The van der Waals surface area contributed by atoms with E-state index in [-0.39, 0.29) is 11.8 Å². The van der Waals surface area contributed by atoms with Crippen LogP contribution in [0.25, 0.3) is 0 Å². The lowest BCUT2D eigenvalue weighted by atomic mass is 10.0. The number of rotatable bonds is 5. The number of likely N-dealkylation sites (tertiary alicyclic amines) is 1. The van der Waals surface area contributed by atoms with Gasteiger partial charge in [0.15, 0.2) is 0 Å². The van der Waals surface area contributed by atoms with Crippen molar-refractivity contribution in [3.05, 3.63) is 0 Å². The molecule has 2 atom stereocenters. The van der Waals surface area contributed by atoms with Crippen LogP contribution in [0.1, 0.15) is 26.2 Å². The van der Waals surface area contributed by atoms with Crippen molar-refractivity contribution < 1.29 is 4.79 Å². The van der Waals surface area contributed by atoms with Gasteiger partial charge in [0.05, 0.1) is 10.9 Å². The zero-order chi connectivity index (χ0) is 13.0. The molecule has 1 amide bonds. The summed E-state index contributed by atoms with van der Waals surface area (Å²) in [6.07, 6.45) is 3.06. The van der Waals surface area contributed by atoms with Crippen molar-refractivity contribution in [1.82, 2.24) is 9.80 Å². The van der Waals surface area contributed by atoms with Crippen LogP contribution in [0.2, 0.25) is 0 Å². The Labute approximate surface area is 109 Å². The van der Waals surface area contributed by atoms with Gasteiger partial charge in [0.1, 0.15) is 0 Å². The third-order valence-corrected chi connectivity index (χ3v) is 3.87. The van der Waals surface area contributed by atoms with E-state index in [2.05, 4.69) is 11.9 Å². The Hall–Kier alpha value is -0.680. The summed E-state index contributed by atoms with van der Waals surface area (Å²) in [5.74, 6) is -0.248. The number of nitrogens with two attached hydrogens (primary N) is 1. The standard InChI is InChI=1S/C12H23N3OS/c1-4-10(11(13)17)12(16)15(3)8-9-6-5-7-14(9)2/h9-10H,4-8H2,1-3H3,(H2,13,17). The Kier molecular flexibility index (Phi) is 5.33. The van der Waals surface area contributed by atoms with E-state index in [9.17, 15) is 4.79 Å². The highest BCUT2D eigenvalue weighted by atomic mass is 32.1. The van der Waals surface area contributed by atoms with Gasteiger partial charge >= 0.3 is 0 Å². The largest absolute Gasteiger partial charge is 0.393 e. The van der Waals surface area contributed by atoms with Crippen LogP contribution in [0.15, 0.2) is 0 Å². The second kappa shape index (κ2) is 6.31. The molecule has 2 N–H and O–H groups in total. The molecule has 1 fully saturated rings. The van der Waals surface area contributed by atoms with Crippen LogP contribution in [0.5, 0.6) is 0 Å². The first kappa shape index (κ1) is 14.4. The minimum absolute atomic E-state index is 0.0558. The number of hydrogen-bond donors (Lipinski definition) is 1. The molecule has 0 aromatic heterocycles. The minimum Gasteiger partial charge on any atom is -0.393 e. The second-order valence-corrected chi connectivity index (χ2v) is 5.33. The lowest BCUT2D eigenvalue weighted by Crippen LogP contribution is -2.44. The molecule has 1 aliphatic heterocycles. The molecule has 0 aromatic carbocycles. The number of amides is 1. The molecule has 4 nitrogen and oxygen atoms in total. The average molecular weight is 257 g/mol. The van der Waals surface area contributed by atoms with Crippen molar-refractivity contribution in [1.29, 1.82) is 0 Å². The van der Waals surface area contributed by atoms with Crippen LogP contribution >= 0.6 is 12.2 Å². The Morgan fingerprint density at radius 3 is 2.71 bits per heavy atom. The van der Waals surface area contributed by atoms with Crippen molar-refractivity contribution in [3.8, 4) is 0 Å². The van der Waals surface area contributed by atoms with Crippen molar-refractivity contribution in [3.63, 3.8) is 0 Å². The molecule has 98 valence electrons. The van der Waals surface area contributed by atoms with Gasteiger partial charge in [-0.05, 0) is 32.9 Å². The summed E-state index contributed by atoms with van der Waals surface area (Å²) in [7, 11) is 3.95. The van der Waals surface area contributed by atoms with Crippen LogP contribution in [-0.2, 0) is 4.79 Å². The Balaban J connectivity index is 2.54. The molecule has 1 saturated heterocycles. The molecular formula is C12H23N3OS. The first-order valence-electron chi connectivity index (χ1n) is 6.21. The first-order chi connectivity index (χ1) is 7.97. The van der Waals surface area contributed by atoms with Crippen LogP contribution in [0, 0.1) is 5.92 Å². The molecule has 5 heteroatoms. The summed E-state index contributed by atoms with van der Waals surface area (Å²) in [4.78, 5) is 16.5. The van der Waals surface area contributed by atoms with Gasteiger partial charge in [-0.15, -0.1) is 0 Å². The Morgan fingerprint density at radius 2 is 2.29 bits per heavy atom. The Morgan fingerprint density at radius 1 is 1.65 bits per heavy atom. The molecule has 1 rings (SSSR count). The topological polar surface area (TPSA) is 49.6 Å². The van der Waals surface area contributed by atoms with E-state index in [4.69, 9.17) is 18.0 Å². The highest BCUT2D eigenvalue weighted by molar-refractivity contribution is 7.80. The number of carbonyl (C=O) groups is 1. The summed E-state index contributed by atoms with van der Waals surface area (Å²) < 4.78 is 0. The highest BCUT2D eigenvalue weighted by Gasteiger charge is 2.27. The van der Waals surface area contributed by atoms with Crippen molar-refractivity contribution in [2.75, 3.05) is 27.2 Å². The fraction of sp³-hybridized carbons (Fsp3) is 0.833. The third kappa shape index (κ3) is 3.64. The maximum Gasteiger partial charge on any atom is 0.232 e. The van der Waals surface area contributed by atoms with E-state index in [0.29, 0.717) is 17.5 Å². The van der Waals surface area contributed by atoms with E-state index in [1.807, 2.05) is 14.0 Å². The van der Waals surface area contributed by atoms with Crippen molar-refractivity contribution in [2.24, 2.45) is 11.7 Å².